The van der Waals surface area contributed by atoms with Crippen LogP contribution < -0.4 is 14.7 Å². The molecule has 0 saturated heterocycles. The van der Waals surface area contributed by atoms with Gasteiger partial charge in [-0.3, -0.25) is 0 Å². The number of hydrogen-bond donors (Lipinski definition) is 0. The minimum Gasteiger partial charge on any atom is -0.456 e. The first-order valence-corrected chi connectivity index (χ1v) is 38.8. The third-order valence-electron chi connectivity index (χ3n) is 24.5. The molecule has 0 bridgehead atoms. The standard InChI is InChI=1S/C108H69N3O/c1-5-24-70(25-6-1)73-44-51-78(52-45-73)109(79-53-46-74(47-54-79)71-26-7-2-8-27-71)82-57-60-88-85-32-13-16-37-94(85)107(100(88)68-82)96-39-18-15-34-87(96)91-36-23-35-90-84(62-63-99(107)106(90)91)76-50-64-104-92(66-76)93-67-81(59-65-105(93)112-104)110(80-55-48-75(49-56-80)72-28-9-3-10-29-72)83-58-61-89-86-33-14-17-38-95(86)108(101(89)69-83)97-40-19-21-42-102(97)111(77-30-11-4-12-31-77)103-43-22-20-41-98(103)108/h1-69H. The summed E-state index contributed by atoms with van der Waals surface area (Å²) < 4.78 is 6.96. The van der Waals surface area contributed by atoms with Gasteiger partial charge in [-0.25, -0.2) is 0 Å². The topological polar surface area (TPSA) is 22.9 Å². The molecule has 1 aromatic heterocycles. The Hall–Kier alpha value is -14.6. The maximum Gasteiger partial charge on any atom is 0.135 e. The van der Waals surface area contributed by atoms with E-state index in [1.807, 2.05) is 0 Å². The maximum atomic E-state index is 6.96. The SMILES string of the molecule is c1ccc(-c2ccc(N(c3ccc(-c4ccccc4)cc3)c3ccc4c(c3)C3(c5ccccc5-4)c4ccccc4-c4cccc5c(-c6ccc7oc8ccc(N(c9ccc(-c%10ccccc%10)cc9)c9ccc%10c(c9)C9(c%11ccccc%11-%10)c%10ccccc%10N(c%10ccccc%10)c%10ccccc%109)cc8c7c6)ccc3c45)cc2)cc1. The van der Waals surface area contributed by atoms with Crippen molar-refractivity contribution in [1.29, 1.82) is 0 Å². The molecule has 0 fully saturated rings. The van der Waals surface area contributed by atoms with Crippen LogP contribution in [0.4, 0.5) is 51.2 Å². The summed E-state index contributed by atoms with van der Waals surface area (Å²) in [6.45, 7) is 0. The first-order valence-electron chi connectivity index (χ1n) is 38.8. The molecule has 1 unspecified atom stereocenters. The number of rotatable bonds is 11. The van der Waals surface area contributed by atoms with Crippen LogP contribution in [0.25, 0.3) is 111 Å². The lowest BCUT2D eigenvalue weighted by Crippen LogP contribution is -2.36. The second kappa shape index (κ2) is 25.0. The van der Waals surface area contributed by atoms with E-state index >= 15 is 0 Å². The van der Waals surface area contributed by atoms with Crippen molar-refractivity contribution < 1.29 is 4.42 Å². The van der Waals surface area contributed by atoms with Crippen LogP contribution in [0, 0.1) is 0 Å². The summed E-state index contributed by atoms with van der Waals surface area (Å²) in [7, 11) is 0. The molecule has 1 aliphatic heterocycles. The van der Waals surface area contributed by atoms with Crippen LogP contribution in [-0.4, -0.2) is 0 Å². The van der Waals surface area contributed by atoms with Gasteiger partial charge >= 0.3 is 0 Å². The highest BCUT2D eigenvalue weighted by Gasteiger charge is 2.53. The van der Waals surface area contributed by atoms with E-state index in [4.69, 9.17) is 4.42 Å². The Morgan fingerprint density at radius 1 is 0.196 bits per heavy atom. The van der Waals surface area contributed by atoms with E-state index in [0.29, 0.717) is 0 Å². The first kappa shape index (κ1) is 63.5. The minimum atomic E-state index is -0.684. The minimum absolute atomic E-state index is 0.651. The first-order chi connectivity index (χ1) is 55.5. The molecule has 2 heterocycles. The van der Waals surface area contributed by atoms with E-state index < -0.39 is 10.8 Å². The lowest BCUT2D eigenvalue weighted by atomic mass is 9.61. The second-order valence-corrected chi connectivity index (χ2v) is 30.1. The van der Waals surface area contributed by atoms with Gasteiger partial charge in [0.15, 0.2) is 0 Å². The Morgan fingerprint density at radius 2 is 0.536 bits per heavy atom. The molecule has 19 aromatic rings. The van der Waals surface area contributed by atoms with Crippen molar-refractivity contribution in [1.82, 2.24) is 0 Å². The van der Waals surface area contributed by atoms with Crippen LogP contribution in [0.15, 0.2) is 423 Å². The zero-order chi connectivity index (χ0) is 73.6. The molecule has 23 rings (SSSR count). The number of para-hydroxylation sites is 3. The van der Waals surface area contributed by atoms with Gasteiger partial charge in [0.2, 0.25) is 0 Å². The molecular weight excluding hydrogens is 1360 g/mol. The summed E-state index contributed by atoms with van der Waals surface area (Å²) in [6, 6.07) is 156. The van der Waals surface area contributed by atoms with Gasteiger partial charge in [0.25, 0.3) is 0 Å². The third-order valence-corrected chi connectivity index (χ3v) is 24.5. The Morgan fingerprint density at radius 3 is 1.04 bits per heavy atom. The van der Waals surface area contributed by atoms with Crippen LogP contribution in [0.3, 0.4) is 0 Å². The Kier molecular flexibility index (Phi) is 14.2. The zero-order valence-electron chi connectivity index (χ0n) is 61.1. The fourth-order valence-electron chi connectivity index (χ4n) is 19.7. The molecule has 522 valence electrons. The highest BCUT2D eigenvalue weighted by molar-refractivity contribution is 6.14. The fourth-order valence-corrected chi connectivity index (χ4v) is 19.7. The molecule has 18 aromatic carbocycles. The average molecular weight is 1420 g/mol. The predicted octanol–water partition coefficient (Wildman–Crippen LogP) is 28.8. The van der Waals surface area contributed by atoms with E-state index in [9.17, 15) is 0 Å². The molecule has 2 spiro atoms. The van der Waals surface area contributed by atoms with E-state index in [2.05, 4.69) is 433 Å². The Balaban J connectivity index is 0.684. The van der Waals surface area contributed by atoms with Gasteiger partial charge in [-0.05, 0) is 248 Å². The quantitative estimate of drug-likeness (QED) is 0.129. The Labute approximate surface area is 650 Å². The molecule has 4 nitrogen and oxygen atoms in total. The second-order valence-electron chi connectivity index (χ2n) is 30.1. The largest absolute Gasteiger partial charge is 0.456 e. The van der Waals surface area contributed by atoms with Crippen molar-refractivity contribution in [2.45, 2.75) is 10.8 Å². The monoisotopic (exact) mass is 1420 g/mol. The smallest absolute Gasteiger partial charge is 0.135 e. The van der Waals surface area contributed by atoms with Gasteiger partial charge in [0.05, 0.1) is 22.2 Å². The number of hydrogen-bond acceptors (Lipinski definition) is 4. The van der Waals surface area contributed by atoms with Crippen LogP contribution in [-0.2, 0) is 10.8 Å². The molecule has 4 heteroatoms. The van der Waals surface area contributed by atoms with Crippen molar-refractivity contribution in [2.24, 2.45) is 0 Å². The van der Waals surface area contributed by atoms with Gasteiger partial charge < -0.3 is 19.1 Å². The number of benzene rings is 18. The number of furan rings is 1. The van der Waals surface area contributed by atoms with Gasteiger partial charge in [0, 0.05) is 50.6 Å². The summed E-state index contributed by atoms with van der Waals surface area (Å²) in [6.07, 6.45) is 0. The summed E-state index contributed by atoms with van der Waals surface area (Å²) >= 11 is 0. The van der Waals surface area contributed by atoms with E-state index in [0.717, 1.165) is 78.4 Å². The van der Waals surface area contributed by atoms with Crippen LogP contribution in [0.1, 0.15) is 44.5 Å². The third kappa shape index (κ3) is 9.36. The summed E-state index contributed by atoms with van der Waals surface area (Å²) in [5, 5.41) is 4.56. The Bertz CT molecular complexity index is 6860. The molecule has 112 heavy (non-hydrogen) atoms. The molecule has 4 aliphatic rings. The molecule has 3 aliphatic carbocycles. The van der Waals surface area contributed by atoms with Crippen molar-refractivity contribution in [3.63, 3.8) is 0 Å². The maximum absolute atomic E-state index is 6.96. The summed E-state index contributed by atoms with van der Waals surface area (Å²) in [5.74, 6) is 0. The molecule has 0 radical (unpaired) electrons. The summed E-state index contributed by atoms with van der Waals surface area (Å²) in [5.41, 5.74) is 37.1. The van der Waals surface area contributed by atoms with Gasteiger partial charge in [-0.1, -0.05) is 303 Å². The van der Waals surface area contributed by atoms with Crippen LogP contribution in [0.5, 0.6) is 0 Å². The number of anilines is 9. The van der Waals surface area contributed by atoms with Crippen molar-refractivity contribution in [3.8, 4) is 77.9 Å². The van der Waals surface area contributed by atoms with Crippen molar-refractivity contribution in [2.75, 3.05) is 14.7 Å². The van der Waals surface area contributed by atoms with Crippen LogP contribution in [0.2, 0.25) is 0 Å². The lowest BCUT2D eigenvalue weighted by Gasteiger charge is -2.45. The molecule has 0 amide bonds. The zero-order valence-corrected chi connectivity index (χ0v) is 61.1. The average Bonchev–Trinajstić information content (AvgIpc) is 1.47. The summed E-state index contributed by atoms with van der Waals surface area (Å²) in [4.78, 5) is 7.35. The highest BCUT2D eigenvalue weighted by Crippen LogP contribution is 2.66. The number of nitrogens with zero attached hydrogens (tertiary/aromatic N) is 3. The van der Waals surface area contributed by atoms with E-state index in [1.54, 1.807) is 0 Å². The normalized spacial score (nSPS) is 14.2. The van der Waals surface area contributed by atoms with Gasteiger partial charge in [-0.2, -0.15) is 0 Å². The van der Waals surface area contributed by atoms with Crippen LogP contribution >= 0.6 is 0 Å². The number of fused-ring (bicyclic) bond motifs is 21. The molecule has 0 N–H and O–H groups in total. The van der Waals surface area contributed by atoms with Crippen molar-refractivity contribution in [3.05, 3.63) is 463 Å². The molecule has 1 atom stereocenters. The van der Waals surface area contributed by atoms with Gasteiger partial charge in [-0.15, -0.1) is 0 Å². The molecule has 0 saturated carbocycles. The van der Waals surface area contributed by atoms with Gasteiger partial charge in [0.1, 0.15) is 11.2 Å². The van der Waals surface area contributed by atoms with E-state index in [1.165, 1.54) is 128 Å². The van der Waals surface area contributed by atoms with Crippen molar-refractivity contribution >= 4 is 83.9 Å². The molecular formula is C108H69N3O. The highest BCUT2D eigenvalue weighted by atomic mass is 16.3. The predicted molar refractivity (Wildman–Crippen MR) is 464 cm³/mol. The lowest BCUT2D eigenvalue weighted by molar-refractivity contribution is 0.669. The fraction of sp³-hybridized carbons (Fsp3) is 0.0185. The van der Waals surface area contributed by atoms with E-state index in [-0.39, 0.29) is 0 Å².